The van der Waals surface area contributed by atoms with Crippen LogP contribution in [0, 0.1) is 0 Å². The fourth-order valence-electron chi connectivity index (χ4n) is 0. The molecule has 0 atom stereocenters. The van der Waals surface area contributed by atoms with E-state index in [1.54, 1.807) is 0 Å². The fourth-order valence-corrected chi connectivity index (χ4v) is 0. The van der Waals surface area contributed by atoms with E-state index >= 15 is 0 Å². The van der Waals surface area contributed by atoms with Crippen molar-refractivity contribution in [2.75, 3.05) is 0 Å². The Bertz CT molecular complexity index is 159. The first-order valence-electron chi connectivity index (χ1n) is 1.84. The van der Waals surface area contributed by atoms with Crippen LogP contribution in [-0.4, -0.2) is 39.9 Å². The van der Waals surface area contributed by atoms with Crippen LogP contribution in [0.3, 0.4) is 0 Å². The molecule has 0 saturated heterocycles. The molecule has 9 nitrogen and oxygen atoms in total. The van der Waals surface area contributed by atoms with E-state index < -0.39 is 34.1 Å². The van der Waals surface area contributed by atoms with E-state index in [1.807, 2.05) is 0 Å². The molecule has 0 amide bonds. The summed E-state index contributed by atoms with van der Waals surface area (Å²) < 4.78 is 76.0. The zero-order valence-electron chi connectivity index (χ0n) is 6.94. The van der Waals surface area contributed by atoms with Gasteiger partial charge in [0.15, 0.2) is 0 Å². The molecular weight excluding hydrogens is 1210 g/mol. The number of rotatable bonds is 0. The van der Waals surface area contributed by atoms with Crippen LogP contribution in [-0.2, 0) is 85.8 Å². The van der Waals surface area contributed by atoms with Gasteiger partial charge in [0.1, 0.15) is 0 Å². The predicted molar refractivity (Wildman–Crippen MR) is 71.2 cm³/mol. The molecule has 0 heterocycles. The topological polar surface area (TPSA) is 190 Å². The van der Waals surface area contributed by atoms with E-state index in [9.17, 15) is 0 Å². The van der Waals surface area contributed by atoms with E-state index in [0.717, 1.165) is 0 Å². The van der Waals surface area contributed by atoms with E-state index in [2.05, 4.69) is 57.1 Å². The second-order valence-electron chi connectivity index (χ2n) is 0.742. The zero-order chi connectivity index (χ0) is 14.3. The Hall–Kier alpha value is 4.62. The van der Waals surface area contributed by atoms with Crippen LogP contribution in [0.25, 0.3) is 0 Å². The maximum absolute atomic E-state index is 8.44. The number of halogens is 3. The van der Waals surface area contributed by atoms with Crippen molar-refractivity contribution in [2.24, 2.45) is 0 Å². The van der Waals surface area contributed by atoms with Crippen molar-refractivity contribution in [1.29, 1.82) is 0 Å². The molecule has 0 aromatic heterocycles. The van der Waals surface area contributed by atoms with Crippen LogP contribution >= 0.6 is 57.1 Å². The Balaban J connectivity index is -0.0000000257. The average Bonchev–Trinajstić information content (AvgIpc) is 1.76. The SMILES string of the molecule is O=S([O-])[O-].O=S([O-])[O-].O=S([O-])[O-].[Au+3].[Au+3].[I][Au]([I])[I]. The summed E-state index contributed by atoms with van der Waals surface area (Å²) >= 11 is -1.94. The average molecular weight is 1210 g/mol. The molecule has 0 saturated carbocycles. The molecule has 0 N–H and O–H groups in total. The van der Waals surface area contributed by atoms with Crippen molar-refractivity contribution in [2.45, 2.75) is 0 Å². The summed E-state index contributed by atoms with van der Waals surface area (Å²) in [5, 5.41) is 0. The Kier molecular flexibility index (Phi) is 70.8. The monoisotopic (exact) mass is 1210 g/mol. The Labute approximate surface area is 179 Å². The van der Waals surface area contributed by atoms with Gasteiger partial charge in [-0.3, -0.25) is 12.6 Å². The van der Waals surface area contributed by atoms with Crippen molar-refractivity contribution in [3.05, 3.63) is 0 Å². The van der Waals surface area contributed by atoms with Gasteiger partial charge in [-0.2, -0.15) is 0 Å². The summed E-state index contributed by atoms with van der Waals surface area (Å²) in [6.45, 7) is -0.294. The third-order valence-electron chi connectivity index (χ3n) is 0. The molecular formula is Au3I3O9S3. The molecule has 0 aliphatic heterocycles. The number of hydrogen-bond donors (Lipinski definition) is 0. The van der Waals surface area contributed by atoms with Crippen molar-refractivity contribution in [3.8, 4) is 0 Å². The van der Waals surface area contributed by atoms with Gasteiger partial charge >= 0.3 is 109 Å². The second-order valence-corrected chi connectivity index (χ2v) is 49.4. The van der Waals surface area contributed by atoms with Gasteiger partial charge in [0.25, 0.3) is 0 Å². The molecule has 0 aromatic carbocycles. The molecule has 0 aliphatic rings. The van der Waals surface area contributed by atoms with Gasteiger partial charge < -0.3 is 27.3 Å². The first-order valence-corrected chi connectivity index (χ1v) is 23.3. The van der Waals surface area contributed by atoms with Gasteiger partial charge in [0, 0.05) is 0 Å². The first kappa shape index (κ1) is 38.3. The van der Waals surface area contributed by atoms with Crippen LogP contribution in [0.5, 0.6) is 0 Å². The third-order valence-corrected chi connectivity index (χ3v) is 0. The maximum atomic E-state index is 8.44. The van der Waals surface area contributed by atoms with E-state index in [4.69, 9.17) is 39.9 Å². The second kappa shape index (κ2) is 33.3. The minimum absolute atomic E-state index is 0. The van der Waals surface area contributed by atoms with Gasteiger partial charge in [0.05, 0.1) is 0 Å². The summed E-state index contributed by atoms with van der Waals surface area (Å²) in [7, 11) is 0. The van der Waals surface area contributed by atoms with Crippen LogP contribution in [0.2, 0.25) is 0 Å². The quantitative estimate of drug-likeness (QED) is 0.177. The summed E-state index contributed by atoms with van der Waals surface area (Å²) in [6, 6.07) is 0. The molecule has 0 spiro atoms. The zero-order valence-corrected chi connectivity index (χ0v) is 22.4. The van der Waals surface area contributed by atoms with Gasteiger partial charge in [-0.25, -0.2) is 0 Å². The first-order chi connectivity index (χ1) is 6.93. The molecule has 0 aliphatic carbocycles. The Morgan fingerprint density at radius 2 is 0.611 bits per heavy atom. The minimum atomic E-state index is -3.11. The molecule has 0 fully saturated rings. The van der Waals surface area contributed by atoms with Crippen LogP contribution in [0.4, 0.5) is 0 Å². The van der Waals surface area contributed by atoms with Gasteiger partial charge in [-0.15, -0.1) is 34.1 Å². The summed E-state index contributed by atoms with van der Waals surface area (Å²) in [6.07, 6.45) is 0. The van der Waals surface area contributed by atoms with Crippen molar-refractivity contribution in [1.82, 2.24) is 0 Å². The van der Waals surface area contributed by atoms with Crippen molar-refractivity contribution >= 4 is 91.1 Å². The molecule has 18 heteroatoms. The molecule has 0 unspecified atom stereocenters. The number of hydrogen-bond acceptors (Lipinski definition) is 9. The summed E-state index contributed by atoms with van der Waals surface area (Å²) in [5.74, 6) is 0. The van der Waals surface area contributed by atoms with Crippen LogP contribution in [0.1, 0.15) is 0 Å². The molecule has 126 valence electrons. The van der Waals surface area contributed by atoms with Gasteiger partial charge in [0.2, 0.25) is 0 Å². The van der Waals surface area contributed by atoms with Crippen LogP contribution < -0.4 is 0 Å². The van der Waals surface area contributed by atoms with Gasteiger partial charge in [-0.05, 0) is 0 Å². The van der Waals surface area contributed by atoms with Crippen molar-refractivity contribution in [3.63, 3.8) is 0 Å². The Morgan fingerprint density at radius 3 is 0.611 bits per heavy atom. The molecule has 0 rings (SSSR count). The molecule has 18 heavy (non-hydrogen) atoms. The van der Waals surface area contributed by atoms with Gasteiger partial charge in [-0.1, -0.05) is 0 Å². The summed E-state index contributed by atoms with van der Waals surface area (Å²) in [4.78, 5) is 0. The Morgan fingerprint density at radius 1 is 0.611 bits per heavy atom. The molecule has 0 aromatic rings. The van der Waals surface area contributed by atoms with E-state index in [0.29, 0.717) is 0 Å². The predicted octanol–water partition coefficient (Wildman–Crippen LogP) is -0.363. The third kappa shape index (κ3) is 372. The molecule has 0 radical (unpaired) electrons. The molecule has 0 bridgehead atoms. The fraction of sp³-hybridized carbons (Fsp3) is 0. The van der Waals surface area contributed by atoms with Crippen LogP contribution in [0.15, 0.2) is 0 Å². The standard InChI is InChI=1S/3Au.3HI.3H2O3S/c;;;;;;3*1-4(2)3/h;;;3*1H;3*(H2,1,2,3)/q3*+3;;;;;;/p-9. The van der Waals surface area contributed by atoms with Crippen molar-refractivity contribution < 1.29 is 91.7 Å². The van der Waals surface area contributed by atoms with E-state index in [1.165, 1.54) is 0 Å². The summed E-state index contributed by atoms with van der Waals surface area (Å²) in [5.41, 5.74) is 0. The van der Waals surface area contributed by atoms with E-state index in [-0.39, 0.29) is 51.8 Å². The normalized spacial score (nSPS) is 8.33.